The maximum absolute atomic E-state index is 13.7. The standard InChI is InChI=1S/C35H36N2O5S/c1-2-17-35(18-16-25-9-4-3-5-10-25)24-29(38)31(33(39)42-35)34(19-20-34)23-26-11-6-14-28(22-26)37-43(40,41)30-15-7-12-27-13-8-21-36-32(27)30/h3-15,21-22,31,37H,2,16-20,23-24H2,1H3. The molecular formula is C35H36N2O5S. The summed E-state index contributed by atoms with van der Waals surface area (Å²) in [5.74, 6) is -1.23. The maximum atomic E-state index is 13.7. The van der Waals surface area contributed by atoms with Crippen molar-refractivity contribution >= 4 is 38.4 Å². The molecule has 1 aromatic heterocycles. The predicted octanol–water partition coefficient (Wildman–Crippen LogP) is 6.66. The Morgan fingerprint density at radius 3 is 2.40 bits per heavy atom. The van der Waals surface area contributed by atoms with Gasteiger partial charge in [0.1, 0.15) is 16.4 Å². The van der Waals surface area contributed by atoms with Gasteiger partial charge in [0.05, 0.1) is 5.52 Å². The number of aryl methyl sites for hydroxylation is 1. The Hall–Kier alpha value is -4.04. The third-order valence-electron chi connectivity index (χ3n) is 8.91. The molecule has 1 N–H and O–H groups in total. The largest absolute Gasteiger partial charge is 0.458 e. The van der Waals surface area contributed by atoms with E-state index in [9.17, 15) is 18.0 Å². The number of hydrogen-bond acceptors (Lipinski definition) is 6. The van der Waals surface area contributed by atoms with E-state index < -0.39 is 32.9 Å². The number of ketones is 1. The van der Waals surface area contributed by atoms with Crippen molar-refractivity contribution in [3.8, 4) is 0 Å². The summed E-state index contributed by atoms with van der Waals surface area (Å²) < 4.78 is 35.6. The van der Waals surface area contributed by atoms with E-state index in [4.69, 9.17) is 4.74 Å². The van der Waals surface area contributed by atoms with Gasteiger partial charge in [0.25, 0.3) is 10.0 Å². The first-order chi connectivity index (χ1) is 20.7. The van der Waals surface area contributed by atoms with Crippen LogP contribution in [0.3, 0.4) is 0 Å². The third-order valence-corrected chi connectivity index (χ3v) is 10.3. The molecule has 1 aliphatic heterocycles. The van der Waals surface area contributed by atoms with Crippen molar-refractivity contribution in [1.29, 1.82) is 0 Å². The number of hydrogen-bond donors (Lipinski definition) is 1. The van der Waals surface area contributed by atoms with E-state index in [1.807, 2.05) is 36.4 Å². The first-order valence-electron chi connectivity index (χ1n) is 15.0. The molecular weight excluding hydrogens is 560 g/mol. The zero-order valence-corrected chi connectivity index (χ0v) is 25.1. The summed E-state index contributed by atoms with van der Waals surface area (Å²) in [5, 5.41) is 0.738. The molecule has 1 saturated heterocycles. The number of aromatic nitrogens is 1. The normalized spacial score (nSPS) is 21.4. The Kier molecular flexibility index (Phi) is 7.81. The van der Waals surface area contributed by atoms with Gasteiger partial charge >= 0.3 is 5.97 Å². The van der Waals surface area contributed by atoms with Crippen LogP contribution in [0.2, 0.25) is 0 Å². The minimum atomic E-state index is -3.91. The van der Waals surface area contributed by atoms with Crippen molar-refractivity contribution in [2.45, 2.75) is 68.8 Å². The summed E-state index contributed by atoms with van der Waals surface area (Å²) in [6.45, 7) is 2.05. The van der Waals surface area contributed by atoms with E-state index in [1.54, 1.807) is 42.6 Å². The number of fused-ring (bicyclic) bond motifs is 1. The second-order valence-corrected chi connectivity index (χ2v) is 13.7. The van der Waals surface area contributed by atoms with Crippen molar-refractivity contribution in [2.24, 2.45) is 11.3 Å². The molecule has 2 unspecified atom stereocenters. The average Bonchev–Trinajstić information content (AvgIpc) is 3.75. The van der Waals surface area contributed by atoms with Crippen LogP contribution < -0.4 is 4.72 Å². The number of nitrogens with one attached hydrogen (secondary N) is 1. The van der Waals surface area contributed by atoms with Gasteiger partial charge in [-0.15, -0.1) is 0 Å². The Bertz CT molecular complexity index is 1740. The van der Waals surface area contributed by atoms with Crippen LogP contribution in [0.15, 0.2) is 96.0 Å². The number of pyridine rings is 1. The molecule has 2 heterocycles. The van der Waals surface area contributed by atoms with E-state index in [1.165, 1.54) is 0 Å². The fraction of sp³-hybridized carbons (Fsp3) is 0.343. The van der Waals surface area contributed by atoms with Crippen LogP contribution >= 0.6 is 0 Å². The van der Waals surface area contributed by atoms with Gasteiger partial charge in [-0.25, -0.2) is 8.42 Å². The second kappa shape index (κ2) is 11.6. The predicted molar refractivity (Wildman–Crippen MR) is 166 cm³/mol. The Morgan fingerprint density at radius 1 is 0.907 bits per heavy atom. The first kappa shape index (κ1) is 29.1. The lowest BCUT2D eigenvalue weighted by atomic mass is 9.73. The highest BCUT2D eigenvalue weighted by Gasteiger charge is 2.60. The lowest BCUT2D eigenvalue weighted by molar-refractivity contribution is -0.182. The van der Waals surface area contributed by atoms with E-state index in [-0.39, 0.29) is 17.1 Å². The SMILES string of the molecule is CCCC1(CCc2ccccc2)CC(=O)C(C2(Cc3cccc(NS(=O)(=O)c4cccc5cccnc45)c3)CC2)C(=O)O1. The Labute approximate surface area is 252 Å². The number of esters is 1. The lowest BCUT2D eigenvalue weighted by Gasteiger charge is -2.41. The summed E-state index contributed by atoms with van der Waals surface area (Å²) in [4.78, 5) is 31.7. The fourth-order valence-corrected chi connectivity index (χ4v) is 7.94. The Balaban J connectivity index is 1.18. The van der Waals surface area contributed by atoms with E-state index in [2.05, 4.69) is 28.8 Å². The number of sulfonamides is 1. The molecule has 222 valence electrons. The zero-order chi connectivity index (χ0) is 30.1. The van der Waals surface area contributed by atoms with E-state index in [0.29, 0.717) is 30.5 Å². The molecule has 2 atom stereocenters. The van der Waals surface area contributed by atoms with Crippen molar-refractivity contribution in [1.82, 2.24) is 4.98 Å². The van der Waals surface area contributed by atoms with Crippen LogP contribution in [-0.4, -0.2) is 30.8 Å². The van der Waals surface area contributed by atoms with Crippen LogP contribution in [-0.2, 0) is 37.2 Å². The quantitative estimate of drug-likeness (QED) is 0.153. The number of carbonyl (C=O) groups excluding carboxylic acids is 2. The number of cyclic esters (lactones) is 1. The first-order valence-corrected chi connectivity index (χ1v) is 16.5. The van der Waals surface area contributed by atoms with Crippen molar-refractivity contribution in [2.75, 3.05) is 4.72 Å². The topological polar surface area (TPSA) is 102 Å². The molecule has 3 aromatic carbocycles. The van der Waals surface area contributed by atoms with Gasteiger partial charge in [-0.1, -0.05) is 74.0 Å². The van der Waals surface area contributed by atoms with Gasteiger partial charge in [0, 0.05) is 23.7 Å². The summed E-state index contributed by atoms with van der Waals surface area (Å²) in [5.41, 5.74) is 1.59. The maximum Gasteiger partial charge on any atom is 0.317 e. The smallest absolute Gasteiger partial charge is 0.317 e. The van der Waals surface area contributed by atoms with E-state index in [0.717, 1.165) is 42.2 Å². The summed E-state index contributed by atoms with van der Waals surface area (Å²) in [6.07, 6.45) is 6.66. The zero-order valence-electron chi connectivity index (χ0n) is 24.3. The molecule has 6 rings (SSSR count). The Morgan fingerprint density at radius 2 is 1.65 bits per heavy atom. The van der Waals surface area contributed by atoms with Crippen molar-refractivity contribution in [3.63, 3.8) is 0 Å². The molecule has 0 radical (unpaired) electrons. The van der Waals surface area contributed by atoms with Crippen LogP contribution in [0.5, 0.6) is 0 Å². The van der Waals surface area contributed by atoms with E-state index >= 15 is 0 Å². The molecule has 0 amide bonds. The number of nitrogens with zero attached hydrogens (tertiary/aromatic N) is 1. The van der Waals surface area contributed by atoms with Gasteiger partial charge in [-0.2, -0.15) is 0 Å². The van der Waals surface area contributed by atoms with Crippen LogP contribution in [0.25, 0.3) is 10.9 Å². The van der Waals surface area contributed by atoms with Gasteiger partial charge in [0.2, 0.25) is 0 Å². The molecule has 0 spiro atoms. The number of Topliss-reactive ketones (excluding diaryl/α,β-unsaturated/α-hetero) is 1. The number of rotatable bonds is 11. The molecule has 7 nitrogen and oxygen atoms in total. The highest BCUT2D eigenvalue weighted by molar-refractivity contribution is 7.93. The minimum Gasteiger partial charge on any atom is -0.458 e. The summed E-state index contributed by atoms with van der Waals surface area (Å²) in [6, 6.07) is 25.9. The average molecular weight is 597 g/mol. The van der Waals surface area contributed by atoms with Gasteiger partial charge in [-0.05, 0) is 79.3 Å². The second-order valence-electron chi connectivity index (χ2n) is 12.1. The molecule has 2 fully saturated rings. The fourth-order valence-electron chi connectivity index (χ4n) is 6.71. The van der Waals surface area contributed by atoms with Crippen LogP contribution in [0.1, 0.15) is 56.6 Å². The third kappa shape index (κ3) is 6.07. The van der Waals surface area contributed by atoms with Crippen LogP contribution in [0.4, 0.5) is 5.69 Å². The summed E-state index contributed by atoms with van der Waals surface area (Å²) >= 11 is 0. The highest BCUT2D eigenvalue weighted by Crippen LogP contribution is 2.57. The van der Waals surface area contributed by atoms with Crippen molar-refractivity contribution < 1.29 is 22.7 Å². The van der Waals surface area contributed by atoms with Gasteiger partial charge < -0.3 is 4.74 Å². The molecule has 43 heavy (non-hydrogen) atoms. The minimum absolute atomic E-state index is 0.0319. The van der Waals surface area contributed by atoms with Crippen LogP contribution in [0, 0.1) is 11.3 Å². The molecule has 1 saturated carbocycles. The highest BCUT2D eigenvalue weighted by atomic mass is 32.2. The molecule has 4 aromatic rings. The number of benzene rings is 3. The summed E-state index contributed by atoms with van der Waals surface area (Å²) in [7, 11) is -3.91. The number of ether oxygens (including phenoxy) is 1. The number of carbonyl (C=O) groups is 2. The molecule has 1 aliphatic carbocycles. The van der Waals surface area contributed by atoms with Crippen molar-refractivity contribution in [3.05, 3.63) is 102 Å². The number of para-hydroxylation sites is 1. The monoisotopic (exact) mass is 596 g/mol. The molecule has 0 bridgehead atoms. The van der Waals surface area contributed by atoms with Gasteiger partial charge in [-0.3, -0.25) is 19.3 Å². The number of anilines is 1. The molecule has 8 heteroatoms. The lowest BCUT2D eigenvalue weighted by Crippen LogP contribution is -2.50. The van der Waals surface area contributed by atoms with Gasteiger partial charge in [0.15, 0.2) is 5.78 Å². The molecule has 2 aliphatic rings.